The van der Waals surface area contributed by atoms with Gasteiger partial charge in [-0.25, -0.2) is 9.78 Å². The number of hydrogen-bond donors (Lipinski definition) is 1. The molecule has 2 N–H and O–H groups in total. The molecule has 0 unspecified atom stereocenters. The van der Waals surface area contributed by atoms with Gasteiger partial charge in [-0.2, -0.15) is 0 Å². The van der Waals surface area contributed by atoms with E-state index in [9.17, 15) is 4.79 Å². The van der Waals surface area contributed by atoms with Crippen molar-refractivity contribution in [3.05, 3.63) is 51.6 Å². The molecular formula is C15H15BrN2O3. The summed E-state index contributed by atoms with van der Waals surface area (Å²) in [6.45, 7) is 1.87. The number of anilines is 1. The lowest BCUT2D eigenvalue weighted by Gasteiger charge is -2.11. The molecule has 0 bridgehead atoms. The molecule has 0 aliphatic rings. The van der Waals surface area contributed by atoms with Gasteiger partial charge in [0.25, 0.3) is 0 Å². The summed E-state index contributed by atoms with van der Waals surface area (Å²) in [5, 5.41) is 0. The summed E-state index contributed by atoms with van der Waals surface area (Å²) in [7, 11) is 1.52. The Labute approximate surface area is 131 Å². The topological polar surface area (TPSA) is 74.4 Å². The van der Waals surface area contributed by atoms with Gasteiger partial charge in [0, 0.05) is 16.4 Å². The molecule has 0 aliphatic carbocycles. The fourth-order valence-corrected chi connectivity index (χ4v) is 2.33. The molecule has 2 aromatic rings. The molecular weight excluding hydrogens is 336 g/mol. The Morgan fingerprint density at radius 1 is 1.43 bits per heavy atom. The molecule has 0 fully saturated rings. The molecule has 110 valence electrons. The Hall–Kier alpha value is -2.08. The van der Waals surface area contributed by atoms with Gasteiger partial charge in [-0.05, 0) is 36.8 Å². The third-order valence-corrected chi connectivity index (χ3v) is 3.49. The first-order valence-corrected chi connectivity index (χ1v) is 7.03. The fraction of sp³-hybridized carbons (Fsp3) is 0.200. The van der Waals surface area contributed by atoms with Gasteiger partial charge in [0.05, 0.1) is 18.2 Å². The molecule has 2 rings (SSSR count). The van der Waals surface area contributed by atoms with Crippen LogP contribution in [0, 0.1) is 6.92 Å². The number of halogens is 1. The van der Waals surface area contributed by atoms with E-state index >= 15 is 0 Å². The highest BCUT2D eigenvalue weighted by atomic mass is 79.9. The molecule has 5 nitrogen and oxygen atoms in total. The van der Waals surface area contributed by atoms with Crippen molar-refractivity contribution in [2.24, 2.45) is 0 Å². The molecule has 0 saturated heterocycles. The standard InChI is InChI=1S/C15H15BrN2O3/c1-9-12(6-11(16)7-13(9)17)15(19)21-8-10-4-3-5-18-14(10)20-2/h3-7H,8,17H2,1-2H3. The number of benzene rings is 1. The van der Waals surface area contributed by atoms with Crippen molar-refractivity contribution in [1.29, 1.82) is 0 Å². The number of nitrogen functional groups attached to an aromatic ring is 1. The molecule has 0 amide bonds. The number of methoxy groups -OCH3 is 1. The average Bonchev–Trinajstić information content (AvgIpc) is 2.48. The van der Waals surface area contributed by atoms with Crippen LogP contribution in [0.25, 0.3) is 0 Å². The van der Waals surface area contributed by atoms with Gasteiger partial charge in [-0.15, -0.1) is 0 Å². The van der Waals surface area contributed by atoms with Crippen molar-refractivity contribution in [3.63, 3.8) is 0 Å². The van der Waals surface area contributed by atoms with Crippen LogP contribution in [0.1, 0.15) is 21.5 Å². The van der Waals surface area contributed by atoms with E-state index in [4.69, 9.17) is 15.2 Å². The summed E-state index contributed by atoms with van der Waals surface area (Å²) < 4.78 is 11.2. The van der Waals surface area contributed by atoms with Crippen LogP contribution < -0.4 is 10.5 Å². The average molecular weight is 351 g/mol. The van der Waals surface area contributed by atoms with Gasteiger partial charge in [-0.1, -0.05) is 15.9 Å². The van der Waals surface area contributed by atoms with E-state index in [0.717, 1.165) is 4.47 Å². The Morgan fingerprint density at radius 2 is 2.19 bits per heavy atom. The Bertz CT molecular complexity index is 674. The Kier molecular flexibility index (Phi) is 4.80. The second-order valence-corrected chi connectivity index (χ2v) is 5.33. The number of hydrogen-bond acceptors (Lipinski definition) is 5. The molecule has 0 aliphatic heterocycles. The molecule has 0 radical (unpaired) electrons. The van der Waals surface area contributed by atoms with Gasteiger partial charge < -0.3 is 15.2 Å². The quantitative estimate of drug-likeness (QED) is 0.677. The van der Waals surface area contributed by atoms with Crippen molar-refractivity contribution in [2.75, 3.05) is 12.8 Å². The maximum atomic E-state index is 12.2. The zero-order valence-electron chi connectivity index (χ0n) is 11.7. The number of ether oxygens (including phenoxy) is 2. The SMILES string of the molecule is COc1ncccc1COC(=O)c1cc(Br)cc(N)c1C. The van der Waals surface area contributed by atoms with E-state index in [-0.39, 0.29) is 6.61 Å². The molecule has 0 saturated carbocycles. The van der Waals surface area contributed by atoms with Crippen LogP contribution >= 0.6 is 15.9 Å². The molecule has 0 spiro atoms. The largest absolute Gasteiger partial charge is 0.481 e. The molecule has 21 heavy (non-hydrogen) atoms. The second-order valence-electron chi connectivity index (χ2n) is 4.42. The zero-order valence-corrected chi connectivity index (χ0v) is 13.3. The van der Waals surface area contributed by atoms with Gasteiger partial charge >= 0.3 is 5.97 Å². The first-order valence-electron chi connectivity index (χ1n) is 6.23. The van der Waals surface area contributed by atoms with Crippen LogP contribution in [0.4, 0.5) is 5.69 Å². The van der Waals surface area contributed by atoms with Crippen molar-refractivity contribution >= 4 is 27.6 Å². The normalized spacial score (nSPS) is 10.2. The molecule has 6 heteroatoms. The third kappa shape index (κ3) is 3.52. The minimum Gasteiger partial charge on any atom is -0.481 e. The molecule has 0 atom stereocenters. The number of esters is 1. The smallest absolute Gasteiger partial charge is 0.338 e. The zero-order chi connectivity index (χ0) is 15.4. The maximum absolute atomic E-state index is 12.2. The van der Waals surface area contributed by atoms with E-state index < -0.39 is 5.97 Å². The predicted molar refractivity (Wildman–Crippen MR) is 83.2 cm³/mol. The summed E-state index contributed by atoms with van der Waals surface area (Å²) in [5.74, 6) is 0.00202. The van der Waals surface area contributed by atoms with Crippen molar-refractivity contribution < 1.29 is 14.3 Å². The van der Waals surface area contributed by atoms with E-state index in [1.807, 2.05) is 0 Å². The highest BCUT2D eigenvalue weighted by Crippen LogP contribution is 2.24. The lowest BCUT2D eigenvalue weighted by Crippen LogP contribution is -2.09. The lowest BCUT2D eigenvalue weighted by molar-refractivity contribution is 0.0468. The fourth-order valence-electron chi connectivity index (χ4n) is 1.85. The van der Waals surface area contributed by atoms with Gasteiger partial charge in [-0.3, -0.25) is 0 Å². The summed E-state index contributed by atoms with van der Waals surface area (Å²) >= 11 is 3.32. The van der Waals surface area contributed by atoms with Crippen molar-refractivity contribution in [1.82, 2.24) is 4.98 Å². The summed E-state index contributed by atoms with van der Waals surface area (Å²) in [5.41, 5.74) is 8.22. The minimum atomic E-state index is -0.439. The van der Waals surface area contributed by atoms with Crippen LogP contribution in [-0.2, 0) is 11.3 Å². The number of aromatic nitrogens is 1. The number of carbonyl (C=O) groups excluding carboxylic acids is 1. The number of rotatable bonds is 4. The molecule has 1 heterocycles. The van der Waals surface area contributed by atoms with E-state index in [0.29, 0.717) is 28.3 Å². The predicted octanol–water partition coefficient (Wildman–Crippen LogP) is 3.10. The summed E-state index contributed by atoms with van der Waals surface area (Å²) in [6, 6.07) is 6.99. The van der Waals surface area contributed by atoms with Crippen LogP contribution in [-0.4, -0.2) is 18.1 Å². The van der Waals surface area contributed by atoms with E-state index in [2.05, 4.69) is 20.9 Å². The monoisotopic (exact) mass is 350 g/mol. The van der Waals surface area contributed by atoms with Crippen LogP contribution in [0.15, 0.2) is 34.9 Å². The van der Waals surface area contributed by atoms with Gasteiger partial charge in [0.1, 0.15) is 6.61 Å². The maximum Gasteiger partial charge on any atom is 0.338 e. The molecule has 1 aromatic heterocycles. The van der Waals surface area contributed by atoms with Gasteiger partial charge in [0.2, 0.25) is 5.88 Å². The van der Waals surface area contributed by atoms with Crippen LogP contribution in [0.2, 0.25) is 0 Å². The van der Waals surface area contributed by atoms with Gasteiger partial charge in [0.15, 0.2) is 0 Å². The first kappa shape index (κ1) is 15.3. The van der Waals surface area contributed by atoms with E-state index in [1.165, 1.54) is 7.11 Å². The van der Waals surface area contributed by atoms with Crippen molar-refractivity contribution in [3.8, 4) is 5.88 Å². The number of pyridine rings is 1. The number of nitrogens with zero attached hydrogens (tertiary/aromatic N) is 1. The summed E-state index contributed by atoms with van der Waals surface area (Å²) in [6.07, 6.45) is 1.61. The Balaban J connectivity index is 2.16. The Morgan fingerprint density at radius 3 is 2.90 bits per heavy atom. The highest BCUT2D eigenvalue weighted by Gasteiger charge is 2.15. The highest BCUT2D eigenvalue weighted by molar-refractivity contribution is 9.10. The van der Waals surface area contributed by atoms with Crippen LogP contribution in [0.3, 0.4) is 0 Å². The molecule has 1 aromatic carbocycles. The van der Waals surface area contributed by atoms with E-state index in [1.54, 1.807) is 37.4 Å². The minimum absolute atomic E-state index is 0.0850. The number of nitrogens with two attached hydrogens (primary N) is 1. The summed E-state index contributed by atoms with van der Waals surface area (Å²) in [4.78, 5) is 16.2. The third-order valence-electron chi connectivity index (χ3n) is 3.03. The first-order chi connectivity index (χ1) is 10.0. The number of carbonyl (C=O) groups is 1. The van der Waals surface area contributed by atoms with Crippen molar-refractivity contribution in [2.45, 2.75) is 13.5 Å². The van der Waals surface area contributed by atoms with Crippen LogP contribution in [0.5, 0.6) is 5.88 Å². The second kappa shape index (κ2) is 6.58. The lowest BCUT2D eigenvalue weighted by atomic mass is 10.1.